The summed E-state index contributed by atoms with van der Waals surface area (Å²) < 4.78 is 5.23. The smallest absolute Gasteiger partial charge is 0.270 e. The molecule has 0 bridgehead atoms. The standard InChI is InChI=1S/C20H27N3O3/c1-3-8-21-19(24)11-14-6-9-23(10-7-14)20(25)18-12-15-4-5-16(26-2)13-17(15)22-18/h4-5,12-14,22H,3,6-11H2,1-2H3,(H,21,24). The number of carbonyl (C=O) groups is 2. The van der Waals surface area contributed by atoms with E-state index < -0.39 is 0 Å². The molecule has 1 saturated heterocycles. The highest BCUT2D eigenvalue weighted by atomic mass is 16.5. The molecule has 26 heavy (non-hydrogen) atoms. The first-order chi connectivity index (χ1) is 12.6. The number of amides is 2. The number of methoxy groups -OCH3 is 1. The molecule has 1 aliphatic rings. The van der Waals surface area contributed by atoms with E-state index in [1.165, 1.54) is 0 Å². The second-order valence-electron chi connectivity index (χ2n) is 6.93. The quantitative estimate of drug-likeness (QED) is 0.835. The van der Waals surface area contributed by atoms with E-state index >= 15 is 0 Å². The van der Waals surface area contributed by atoms with Crippen LogP contribution < -0.4 is 10.1 Å². The third-order valence-electron chi connectivity index (χ3n) is 5.01. The number of piperidine rings is 1. The summed E-state index contributed by atoms with van der Waals surface area (Å²) in [7, 11) is 1.63. The van der Waals surface area contributed by atoms with Gasteiger partial charge in [-0.15, -0.1) is 0 Å². The number of carbonyl (C=O) groups excluding carboxylic acids is 2. The van der Waals surface area contributed by atoms with Crippen molar-refractivity contribution in [2.24, 2.45) is 5.92 Å². The van der Waals surface area contributed by atoms with Crippen LogP contribution in [0.4, 0.5) is 0 Å². The Morgan fingerprint density at radius 2 is 2.04 bits per heavy atom. The van der Waals surface area contributed by atoms with Crippen LogP contribution in [0.1, 0.15) is 43.1 Å². The minimum absolute atomic E-state index is 0.0223. The van der Waals surface area contributed by atoms with Crippen molar-refractivity contribution in [2.75, 3.05) is 26.7 Å². The van der Waals surface area contributed by atoms with E-state index in [-0.39, 0.29) is 11.8 Å². The molecule has 3 rings (SSSR count). The first-order valence-electron chi connectivity index (χ1n) is 9.33. The number of rotatable bonds is 6. The molecule has 2 aromatic rings. The van der Waals surface area contributed by atoms with Crippen LogP contribution in [0, 0.1) is 5.92 Å². The molecule has 140 valence electrons. The fraction of sp³-hybridized carbons (Fsp3) is 0.500. The van der Waals surface area contributed by atoms with Crippen molar-refractivity contribution in [1.82, 2.24) is 15.2 Å². The van der Waals surface area contributed by atoms with Gasteiger partial charge in [-0.2, -0.15) is 0 Å². The van der Waals surface area contributed by atoms with Gasteiger partial charge in [0.05, 0.1) is 7.11 Å². The van der Waals surface area contributed by atoms with Gasteiger partial charge in [-0.3, -0.25) is 9.59 Å². The second-order valence-corrected chi connectivity index (χ2v) is 6.93. The monoisotopic (exact) mass is 357 g/mol. The number of fused-ring (bicyclic) bond motifs is 1. The fourth-order valence-electron chi connectivity index (χ4n) is 3.46. The molecule has 2 amide bonds. The minimum atomic E-state index is 0.0223. The predicted octanol–water partition coefficient (Wildman–Crippen LogP) is 2.95. The summed E-state index contributed by atoms with van der Waals surface area (Å²) in [5, 5.41) is 3.93. The molecular formula is C20H27N3O3. The molecule has 0 spiro atoms. The molecule has 0 aliphatic carbocycles. The van der Waals surface area contributed by atoms with E-state index in [1.807, 2.05) is 36.1 Å². The SMILES string of the molecule is CCCNC(=O)CC1CCN(C(=O)c2cc3ccc(OC)cc3[nH]2)CC1. The molecule has 1 aromatic heterocycles. The highest BCUT2D eigenvalue weighted by molar-refractivity contribution is 5.98. The lowest BCUT2D eigenvalue weighted by molar-refractivity contribution is -0.122. The Kier molecular flexibility index (Phi) is 5.81. The molecule has 0 radical (unpaired) electrons. The fourth-order valence-corrected chi connectivity index (χ4v) is 3.46. The normalized spacial score (nSPS) is 15.2. The van der Waals surface area contributed by atoms with E-state index in [1.54, 1.807) is 7.11 Å². The average Bonchev–Trinajstić information content (AvgIpc) is 3.09. The van der Waals surface area contributed by atoms with E-state index in [0.29, 0.717) is 31.1 Å². The molecule has 1 fully saturated rings. The third-order valence-corrected chi connectivity index (χ3v) is 5.01. The van der Waals surface area contributed by atoms with Gasteiger partial charge in [-0.1, -0.05) is 6.92 Å². The van der Waals surface area contributed by atoms with Crippen LogP contribution >= 0.6 is 0 Å². The zero-order valence-electron chi connectivity index (χ0n) is 15.5. The molecule has 0 atom stereocenters. The number of benzene rings is 1. The maximum absolute atomic E-state index is 12.8. The molecular weight excluding hydrogens is 330 g/mol. The number of nitrogens with one attached hydrogen (secondary N) is 2. The molecule has 0 unspecified atom stereocenters. The number of H-pyrrole nitrogens is 1. The van der Waals surface area contributed by atoms with Crippen LogP contribution in [0.5, 0.6) is 5.75 Å². The lowest BCUT2D eigenvalue weighted by Gasteiger charge is -2.31. The molecule has 2 N–H and O–H groups in total. The molecule has 1 aliphatic heterocycles. The molecule has 0 saturated carbocycles. The number of likely N-dealkylation sites (tertiary alicyclic amines) is 1. The maximum atomic E-state index is 12.8. The molecule has 2 heterocycles. The van der Waals surface area contributed by atoms with Gasteiger partial charge >= 0.3 is 0 Å². The Hall–Kier alpha value is -2.50. The summed E-state index contributed by atoms with van der Waals surface area (Å²) in [5.41, 5.74) is 1.50. The Morgan fingerprint density at radius 1 is 1.27 bits per heavy atom. The minimum Gasteiger partial charge on any atom is -0.497 e. The average molecular weight is 357 g/mol. The van der Waals surface area contributed by atoms with Crippen molar-refractivity contribution >= 4 is 22.7 Å². The predicted molar refractivity (Wildman–Crippen MR) is 101 cm³/mol. The van der Waals surface area contributed by atoms with E-state index in [9.17, 15) is 9.59 Å². The van der Waals surface area contributed by atoms with Crippen molar-refractivity contribution in [3.8, 4) is 5.75 Å². The first kappa shape index (κ1) is 18.3. The third kappa shape index (κ3) is 4.18. The summed E-state index contributed by atoms with van der Waals surface area (Å²) in [6.07, 6.45) is 3.27. The number of aromatic nitrogens is 1. The number of hydrogen-bond donors (Lipinski definition) is 2. The van der Waals surface area contributed by atoms with E-state index in [2.05, 4.69) is 10.3 Å². The number of hydrogen-bond acceptors (Lipinski definition) is 3. The summed E-state index contributed by atoms with van der Waals surface area (Å²) in [5.74, 6) is 1.28. The van der Waals surface area contributed by atoms with Gasteiger partial charge < -0.3 is 19.9 Å². The van der Waals surface area contributed by atoms with Gasteiger partial charge in [0.2, 0.25) is 5.91 Å². The van der Waals surface area contributed by atoms with Gasteiger partial charge in [0.15, 0.2) is 0 Å². The zero-order chi connectivity index (χ0) is 18.5. The Balaban J connectivity index is 1.57. The largest absolute Gasteiger partial charge is 0.497 e. The second kappa shape index (κ2) is 8.25. The van der Waals surface area contributed by atoms with Gasteiger partial charge in [0, 0.05) is 43.0 Å². The van der Waals surface area contributed by atoms with Gasteiger partial charge in [-0.05, 0) is 43.4 Å². The summed E-state index contributed by atoms with van der Waals surface area (Å²) >= 11 is 0. The molecule has 6 heteroatoms. The molecule has 1 aromatic carbocycles. The Bertz CT molecular complexity index is 776. The van der Waals surface area contributed by atoms with Crippen LogP contribution in [0.3, 0.4) is 0 Å². The Labute approximate surface area is 153 Å². The van der Waals surface area contributed by atoms with Gasteiger partial charge in [0.1, 0.15) is 11.4 Å². The number of aromatic amines is 1. The lowest BCUT2D eigenvalue weighted by Crippen LogP contribution is -2.39. The summed E-state index contributed by atoms with van der Waals surface area (Å²) in [6, 6.07) is 7.62. The maximum Gasteiger partial charge on any atom is 0.270 e. The van der Waals surface area contributed by atoms with E-state index in [0.717, 1.165) is 42.5 Å². The van der Waals surface area contributed by atoms with Crippen molar-refractivity contribution in [1.29, 1.82) is 0 Å². The van der Waals surface area contributed by atoms with Crippen LogP contribution in [0.2, 0.25) is 0 Å². The summed E-state index contributed by atoms with van der Waals surface area (Å²) in [4.78, 5) is 29.7. The van der Waals surface area contributed by atoms with Crippen molar-refractivity contribution in [3.63, 3.8) is 0 Å². The molecule has 6 nitrogen and oxygen atoms in total. The van der Waals surface area contributed by atoms with Gasteiger partial charge in [0.25, 0.3) is 5.91 Å². The van der Waals surface area contributed by atoms with Crippen LogP contribution in [-0.4, -0.2) is 48.4 Å². The highest BCUT2D eigenvalue weighted by Gasteiger charge is 2.25. The van der Waals surface area contributed by atoms with Crippen LogP contribution in [-0.2, 0) is 4.79 Å². The van der Waals surface area contributed by atoms with Crippen LogP contribution in [0.15, 0.2) is 24.3 Å². The number of ether oxygens (including phenoxy) is 1. The van der Waals surface area contributed by atoms with Gasteiger partial charge in [-0.25, -0.2) is 0 Å². The van der Waals surface area contributed by atoms with Crippen LogP contribution in [0.25, 0.3) is 10.9 Å². The first-order valence-corrected chi connectivity index (χ1v) is 9.33. The summed E-state index contributed by atoms with van der Waals surface area (Å²) in [6.45, 7) is 4.18. The highest BCUT2D eigenvalue weighted by Crippen LogP contribution is 2.24. The van der Waals surface area contributed by atoms with Crippen molar-refractivity contribution < 1.29 is 14.3 Å². The lowest BCUT2D eigenvalue weighted by atomic mass is 9.93. The van der Waals surface area contributed by atoms with Crippen molar-refractivity contribution in [2.45, 2.75) is 32.6 Å². The zero-order valence-corrected chi connectivity index (χ0v) is 15.5. The topological polar surface area (TPSA) is 74.4 Å². The number of nitrogens with zero attached hydrogens (tertiary/aromatic N) is 1. The Morgan fingerprint density at radius 3 is 2.73 bits per heavy atom. The van der Waals surface area contributed by atoms with Crippen molar-refractivity contribution in [3.05, 3.63) is 30.0 Å². The van der Waals surface area contributed by atoms with E-state index in [4.69, 9.17) is 4.74 Å².